The molecule has 1 unspecified atom stereocenters. The van der Waals surface area contributed by atoms with Crippen molar-refractivity contribution < 1.29 is 29.9 Å². The summed E-state index contributed by atoms with van der Waals surface area (Å²) in [5.74, 6) is 0.884. The summed E-state index contributed by atoms with van der Waals surface area (Å²) in [5, 5.41) is 52.5. The molecular formula is C41H51ClN4O6. The van der Waals surface area contributed by atoms with Crippen molar-refractivity contribution in [3.63, 3.8) is 0 Å². The number of allylic oxidation sites excluding steroid dienone is 3. The van der Waals surface area contributed by atoms with Crippen molar-refractivity contribution in [2.24, 2.45) is 10.8 Å². The van der Waals surface area contributed by atoms with E-state index in [0.717, 1.165) is 50.9 Å². The summed E-state index contributed by atoms with van der Waals surface area (Å²) in [7, 11) is 0. The van der Waals surface area contributed by atoms with Gasteiger partial charge in [-0.05, 0) is 49.1 Å². The number of hydrogen-bond acceptors (Lipinski definition) is 10. The molecule has 2 atom stereocenters. The van der Waals surface area contributed by atoms with E-state index in [9.17, 15) is 25.7 Å². The second-order valence-electron chi connectivity index (χ2n) is 14.6. The number of hydrogen-bond donors (Lipinski definition) is 5. The summed E-state index contributed by atoms with van der Waals surface area (Å²) >= 11 is 6.92. The zero-order chi connectivity index (χ0) is 37.2. The second kappa shape index (κ2) is 17.8. The van der Waals surface area contributed by atoms with E-state index in [1.807, 2.05) is 6.07 Å². The molecular weight excluding hydrogens is 680 g/mol. The largest absolute Gasteiger partial charge is 0.491 e. The lowest BCUT2D eigenvalue weighted by atomic mass is 9.57. The number of likely N-dealkylation sites (tertiary alicyclic amines) is 1. The topological polar surface area (TPSA) is 151 Å². The number of unbranched alkanes of at least 4 members (excludes halogenated alkanes) is 1. The average molecular weight is 731 g/mol. The predicted octanol–water partition coefficient (Wildman–Crippen LogP) is 5.27. The van der Waals surface area contributed by atoms with Gasteiger partial charge in [-0.2, -0.15) is 5.26 Å². The number of nitriles is 1. The van der Waals surface area contributed by atoms with Gasteiger partial charge in [0.2, 0.25) is 0 Å². The van der Waals surface area contributed by atoms with Gasteiger partial charge in [-0.1, -0.05) is 80.4 Å². The third-order valence-corrected chi connectivity index (χ3v) is 11.1. The summed E-state index contributed by atoms with van der Waals surface area (Å²) in [6.45, 7) is 6.28. The molecule has 0 amide bonds. The fraction of sp³-hybridized carbons (Fsp3) is 0.463. The molecule has 1 aliphatic heterocycles. The minimum atomic E-state index is -1.31. The number of ether oxygens (including phenoxy) is 2. The molecule has 2 aliphatic rings. The maximum absolute atomic E-state index is 10.0. The molecule has 1 aromatic heterocycles. The van der Waals surface area contributed by atoms with Crippen LogP contribution in [-0.2, 0) is 13.2 Å². The van der Waals surface area contributed by atoms with E-state index in [1.54, 1.807) is 24.4 Å². The van der Waals surface area contributed by atoms with Gasteiger partial charge in [0.25, 0.3) is 0 Å². The van der Waals surface area contributed by atoms with E-state index >= 15 is 0 Å². The fourth-order valence-electron chi connectivity index (χ4n) is 7.13. The van der Waals surface area contributed by atoms with Crippen LogP contribution in [0, 0.1) is 22.2 Å². The summed E-state index contributed by atoms with van der Waals surface area (Å²) in [5.41, 5.74) is 2.10. The lowest BCUT2D eigenvalue weighted by Gasteiger charge is -2.48. The third-order valence-electron chi connectivity index (χ3n) is 10.8. The molecule has 10 nitrogen and oxygen atoms in total. The quantitative estimate of drug-likeness (QED) is 0.110. The van der Waals surface area contributed by atoms with Gasteiger partial charge < -0.3 is 40.1 Å². The number of nitrogens with one attached hydrogen (secondary N) is 1. The molecule has 0 radical (unpaired) electrons. The number of aliphatic hydroxyl groups excluding tert-OH is 4. The molecule has 278 valence electrons. The third kappa shape index (κ3) is 9.22. The van der Waals surface area contributed by atoms with Gasteiger partial charge >= 0.3 is 0 Å². The molecule has 1 fully saturated rings. The number of benzene rings is 2. The summed E-state index contributed by atoms with van der Waals surface area (Å²) < 4.78 is 13.0. The van der Waals surface area contributed by atoms with Crippen LogP contribution in [0.2, 0.25) is 5.02 Å². The van der Waals surface area contributed by atoms with E-state index < -0.39 is 30.8 Å². The number of β-amino-alcohol motifs (C(OH)–C–C–N with tert-alkyl or cyclic N) is 1. The highest BCUT2D eigenvalue weighted by Crippen LogP contribution is 2.55. The molecule has 2 heterocycles. The van der Waals surface area contributed by atoms with Gasteiger partial charge in [0, 0.05) is 60.1 Å². The Morgan fingerprint density at radius 3 is 2.50 bits per heavy atom. The average Bonchev–Trinajstić information content (AvgIpc) is 3.59. The maximum atomic E-state index is 10.0. The molecule has 2 aromatic carbocycles. The number of pyridine rings is 1. The van der Waals surface area contributed by atoms with E-state index in [4.69, 9.17) is 21.1 Å². The SMILES string of the molecule is CC1(C)C(c2ccccc2)=CC=C[C@@]1(CCCCN1CCC(O)C1)COc1cc(OCc2cncc(C#N)c2)c(CNC(CO)(CO)CO)cc1Cl. The van der Waals surface area contributed by atoms with Crippen molar-refractivity contribution in [3.8, 4) is 17.6 Å². The number of aliphatic hydroxyl groups is 4. The van der Waals surface area contributed by atoms with Crippen LogP contribution in [0.1, 0.15) is 61.8 Å². The molecule has 0 bridgehead atoms. The van der Waals surface area contributed by atoms with Crippen LogP contribution in [0.4, 0.5) is 0 Å². The Bertz CT molecular complexity index is 1730. The Morgan fingerprint density at radius 2 is 1.81 bits per heavy atom. The molecule has 3 aromatic rings. The standard InChI is InChI=1S/C41H51ClN4O6/c1-39(2)35(32-9-4-3-5-10-32)11-8-14-40(39,13-6-7-15-46-16-12-34(50)24-46)29-52-38-19-37(51-25-31-17-30(20-43)21-44-22-31)33(18-36(38)42)23-45-41(26-47,27-48)28-49/h3-5,8-11,14,17-19,21-22,34,45,47-50H,6-7,12-13,15-16,23-29H2,1-2H3/t34?,40-/m0/s1. The lowest BCUT2D eigenvalue weighted by Crippen LogP contribution is -2.54. The predicted molar refractivity (Wildman–Crippen MR) is 202 cm³/mol. The van der Waals surface area contributed by atoms with Crippen LogP contribution in [0.5, 0.6) is 11.5 Å². The van der Waals surface area contributed by atoms with Crippen LogP contribution in [0.3, 0.4) is 0 Å². The van der Waals surface area contributed by atoms with Crippen LogP contribution >= 0.6 is 11.6 Å². The molecule has 0 spiro atoms. The smallest absolute Gasteiger partial charge is 0.141 e. The minimum absolute atomic E-state index is 0.112. The van der Waals surface area contributed by atoms with Crippen LogP contribution in [-0.4, -0.2) is 88.0 Å². The Balaban J connectivity index is 1.42. The molecule has 52 heavy (non-hydrogen) atoms. The van der Waals surface area contributed by atoms with Gasteiger partial charge in [-0.3, -0.25) is 4.98 Å². The van der Waals surface area contributed by atoms with Crippen LogP contribution in [0.15, 0.2) is 79.2 Å². The summed E-state index contributed by atoms with van der Waals surface area (Å²) in [6, 6.07) is 17.7. The zero-order valence-electron chi connectivity index (χ0n) is 30.1. The highest BCUT2D eigenvalue weighted by Gasteiger charge is 2.47. The zero-order valence-corrected chi connectivity index (χ0v) is 30.9. The number of nitrogens with zero attached hydrogens (tertiary/aromatic N) is 3. The highest BCUT2D eigenvalue weighted by molar-refractivity contribution is 6.32. The molecule has 5 rings (SSSR count). The Labute approximate surface area is 312 Å². The lowest BCUT2D eigenvalue weighted by molar-refractivity contribution is 0.0412. The Morgan fingerprint density at radius 1 is 1.04 bits per heavy atom. The Kier molecular flexibility index (Phi) is 13.5. The second-order valence-corrected chi connectivity index (χ2v) is 15.0. The maximum Gasteiger partial charge on any atom is 0.141 e. The van der Waals surface area contributed by atoms with Gasteiger partial charge in [0.15, 0.2) is 0 Å². The number of rotatable bonds is 18. The number of aromatic nitrogens is 1. The van der Waals surface area contributed by atoms with Crippen molar-refractivity contribution >= 4 is 17.2 Å². The first-order chi connectivity index (χ1) is 25.1. The minimum Gasteiger partial charge on any atom is -0.491 e. The van der Waals surface area contributed by atoms with Crippen molar-refractivity contribution in [2.45, 2.75) is 64.3 Å². The molecule has 11 heteroatoms. The Hall–Kier alpha value is -3.79. The molecule has 0 saturated carbocycles. The first-order valence-electron chi connectivity index (χ1n) is 17.9. The normalized spacial score (nSPS) is 20.0. The van der Waals surface area contributed by atoms with Crippen molar-refractivity contribution in [3.05, 3.63) is 106 Å². The molecule has 1 aliphatic carbocycles. The first kappa shape index (κ1) is 39.4. The van der Waals surface area contributed by atoms with Gasteiger partial charge in [-0.25, -0.2) is 0 Å². The fourth-order valence-corrected chi connectivity index (χ4v) is 7.37. The van der Waals surface area contributed by atoms with E-state index in [-0.39, 0.29) is 24.7 Å². The van der Waals surface area contributed by atoms with Crippen molar-refractivity contribution in [1.29, 1.82) is 5.26 Å². The van der Waals surface area contributed by atoms with E-state index in [0.29, 0.717) is 39.8 Å². The highest BCUT2D eigenvalue weighted by atomic mass is 35.5. The van der Waals surface area contributed by atoms with Gasteiger partial charge in [-0.15, -0.1) is 0 Å². The monoisotopic (exact) mass is 730 g/mol. The molecule has 5 N–H and O–H groups in total. The van der Waals surface area contributed by atoms with Crippen LogP contribution < -0.4 is 14.8 Å². The van der Waals surface area contributed by atoms with E-state index in [2.05, 4.69) is 77.6 Å². The van der Waals surface area contributed by atoms with Gasteiger partial charge in [0.1, 0.15) is 24.2 Å². The van der Waals surface area contributed by atoms with Crippen molar-refractivity contribution in [1.82, 2.24) is 15.2 Å². The van der Waals surface area contributed by atoms with E-state index in [1.165, 1.54) is 11.8 Å². The summed E-state index contributed by atoms with van der Waals surface area (Å²) in [4.78, 5) is 6.48. The van der Waals surface area contributed by atoms with Gasteiger partial charge in [0.05, 0.1) is 48.7 Å². The first-order valence-corrected chi connectivity index (χ1v) is 18.3. The van der Waals surface area contributed by atoms with Crippen LogP contribution in [0.25, 0.3) is 5.57 Å². The van der Waals surface area contributed by atoms with Crippen molar-refractivity contribution in [2.75, 3.05) is 46.1 Å². The number of halogens is 1. The molecule has 1 saturated heterocycles. The summed E-state index contributed by atoms with van der Waals surface area (Å²) in [6.07, 6.45) is 13.2.